The van der Waals surface area contributed by atoms with Crippen LogP contribution in [-0.4, -0.2) is 38.5 Å². The highest BCUT2D eigenvalue weighted by molar-refractivity contribution is 5.94. The molecule has 0 radical (unpaired) electrons. The minimum atomic E-state index is 0.418. The number of fused-ring (bicyclic) bond motifs is 2. The van der Waals surface area contributed by atoms with Gasteiger partial charge in [-0.1, -0.05) is 50.1 Å². The van der Waals surface area contributed by atoms with E-state index in [0.717, 1.165) is 50.5 Å². The number of aryl methyl sites for hydroxylation is 2. The fraction of sp³-hybridized carbons (Fsp3) is 0.0938. The molecule has 40 heavy (non-hydrogen) atoms. The van der Waals surface area contributed by atoms with E-state index in [-0.39, 0.29) is 0 Å². The highest BCUT2D eigenvalue weighted by Crippen LogP contribution is 2.32. The van der Waals surface area contributed by atoms with Crippen LogP contribution >= 0.6 is 0 Å². The molecule has 0 spiro atoms. The number of nitrogens with zero attached hydrogens (tertiary/aromatic N) is 8. The highest BCUT2D eigenvalue weighted by Gasteiger charge is 2.24. The number of imidazole rings is 2. The summed E-state index contributed by atoms with van der Waals surface area (Å²) in [6, 6.07) is 11.9. The van der Waals surface area contributed by atoms with Crippen molar-refractivity contribution in [3.8, 4) is 23.3 Å². The van der Waals surface area contributed by atoms with Gasteiger partial charge in [0.2, 0.25) is 17.7 Å². The van der Waals surface area contributed by atoms with Crippen molar-refractivity contribution in [3.63, 3.8) is 0 Å². The van der Waals surface area contributed by atoms with Crippen LogP contribution < -0.4 is 0 Å². The molecule has 0 aliphatic carbocycles. The van der Waals surface area contributed by atoms with Crippen LogP contribution in [0.3, 0.4) is 0 Å². The molecule has 5 heterocycles. The van der Waals surface area contributed by atoms with Gasteiger partial charge in [-0.05, 0) is 57.2 Å². The van der Waals surface area contributed by atoms with E-state index in [0.29, 0.717) is 23.5 Å². The van der Waals surface area contributed by atoms with Crippen LogP contribution in [0.4, 0.5) is 0 Å². The van der Waals surface area contributed by atoms with E-state index >= 15 is 0 Å². The molecule has 0 bridgehead atoms. The number of hydrogen-bond acceptors (Lipinski definition) is 5. The topological polar surface area (TPSA) is 78.7 Å². The van der Waals surface area contributed by atoms with E-state index in [9.17, 15) is 0 Å². The van der Waals surface area contributed by atoms with Gasteiger partial charge in [0.1, 0.15) is 0 Å². The van der Waals surface area contributed by atoms with E-state index in [1.165, 1.54) is 0 Å². The lowest BCUT2D eigenvalue weighted by molar-refractivity contribution is 0.856. The predicted molar refractivity (Wildman–Crippen MR) is 162 cm³/mol. The maximum absolute atomic E-state index is 5.04. The highest BCUT2D eigenvalue weighted by atomic mass is 15.3. The first-order valence-corrected chi connectivity index (χ1v) is 12.9. The van der Waals surface area contributed by atoms with Crippen LogP contribution in [0.2, 0.25) is 0 Å². The molecule has 5 aromatic heterocycles. The van der Waals surface area contributed by atoms with E-state index < -0.39 is 0 Å². The zero-order valence-corrected chi connectivity index (χ0v) is 22.7. The fourth-order valence-electron chi connectivity index (χ4n) is 5.28. The molecule has 6 aromatic rings. The third-order valence-corrected chi connectivity index (χ3v) is 7.07. The number of hydrogen-bond donors (Lipinski definition) is 0. The van der Waals surface area contributed by atoms with Crippen LogP contribution in [0.25, 0.3) is 64.3 Å². The predicted octanol–water partition coefficient (Wildman–Crippen LogP) is 6.89. The second-order valence-corrected chi connectivity index (χ2v) is 9.29. The average molecular weight is 525 g/mol. The van der Waals surface area contributed by atoms with Crippen LogP contribution in [-0.2, 0) is 0 Å². The second-order valence-electron chi connectivity index (χ2n) is 9.29. The van der Waals surface area contributed by atoms with Gasteiger partial charge in [0, 0.05) is 40.3 Å². The zero-order chi connectivity index (χ0) is 28.0. The van der Waals surface area contributed by atoms with Crippen LogP contribution in [0.5, 0.6) is 0 Å². The number of allylic oxidation sites excluding steroid dienone is 1. The Morgan fingerprint density at radius 1 is 0.775 bits per heavy atom. The molecule has 0 aliphatic heterocycles. The van der Waals surface area contributed by atoms with E-state index in [1.54, 1.807) is 18.5 Å². The summed E-state index contributed by atoms with van der Waals surface area (Å²) in [5, 5.41) is 1.03. The first-order valence-electron chi connectivity index (χ1n) is 12.9. The quantitative estimate of drug-likeness (QED) is 0.227. The van der Waals surface area contributed by atoms with Gasteiger partial charge in [-0.2, -0.15) is 15.0 Å². The first-order chi connectivity index (χ1) is 19.5. The second kappa shape index (κ2) is 9.74. The lowest BCUT2D eigenvalue weighted by Crippen LogP contribution is -2.12. The third kappa shape index (κ3) is 3.65. The molecule has 0 N–H and O–H groups in total. The monoisotopic (exact) mass is 524 g/mol. The minimum Gasteiger partial charge on any atom is -0.284 e. The Balaban J connectivity index is 1.74. The molecule has 0 unspecified atom stereocenters. The van der Waals surface area contributed by atoms with E-state index in [1.807, 2.05) is 77.6 Å². The molecule has 0 aliphatic rings. The SMILES string of the molecule is C=Cc1c(C=C)n(-c2nc(-c3cccnc3)nc(-n3c(C=C)c(C)n4c(C)c(/C=C\C)nc34)n2)c2ccccc12. The van der Waals surface area contributed by atoms with Crippen molar-refractivity contribution in [2.75, 3.05) is 0 Å². The summed E-state index contributed by atoms with van der Waals surface area (Å²) in [7, 11) is 0. The molecular formula is C32H28N8. The summed E-state index contributed by atoms with van der Waals surface area (Å²) in [5.41, 5.74) is 7.25. The van der Waals surface area contributed by atoms with Gasteiger partial charge < -0.3 is 0 Å². The van der Waals surface area contributed by atoms with E-state index in [2.05, 4.69) is 42.1 Å². The van der Waals surface area contributed by atoms with Gasteiger partial charge in [0.15, 0.2) is 5.82 Å². The number of rotatable bonds is 7. The Morgan fingerprint density at radius 2 is 1.52 bits per heavy atom. The van der Waals surface area contributed by atoms with Crippen molar-refractivity contribution in [1.82, 2.24) is 38.5 Å². The Labute approximate surface area is 232 Å². The summed E-state index contributed by atoms with van der Waals surface area (Å²) >= 11 is 0. The van der Waals surface area contributed by atoms with Gasteiger partial charge in [-0.25, -0.2) is 9.55 Å². The summed E-state index contributed by atoms with van der Waals surface area (Å²) in [6.07, 6.45) is 12.9. The van der Waals surface area contributed by atoms with E-state index in [4.69, 9.17) is 19.9 Å². The molecule has 0 saturated carbocycles. The van der Waals surface area contributed by atoms with Crippen molar-refractivity contribution in [1.29, 1.82) is 0 Å². The zero-order valence-electron chi connectivity index (χ0n) is 22.7. The van der Waals surface area contributed by atoms with Crippen molar-refractivity contribution in [3.05, 3.63) is 109 Å². The van der Waals surface area contributed by atoms with Gasteiger partial charge in [-0.3, -0.25) is 14.0 Å². The fourth-order valence-corrected chi connectivity index (χ4v) is 5.28. The summed E-state index contributed by atoms with van der Waals surface area (Å²) < 4.78 is 6.03. The number of pyridine rings is 1. The van der Waals surface area contributed by atoms with Crippen LogP contribution in [0.15, 0.2) is 74.6 Å². The van der Waals surface area contributed by atoms with Crippen molar-refractivity contribution in [2.24, 2.45) is 0 Å². The van der Waals surface area contributed by atoms with Gasteiger partial charge >= 0.3 is 0 Å². The van der Waals surface area contributed by atoms with Crippen LogP contribution in [0, 0.1) is 13.8 Å². The van der Waals surface area contributed by atoms with Crippen molar-refractivity contribution in [2.45, 2.75) is 20.8 Å². The normalized spacial score (nSPS) is 11.6. The molecule has 196 valence electrons. The number of para-hydroxylation sites is 1. The van der Waals surface area contributed by atoms with Crippen molar-refractivity contribution >= 4 is 41.0 Å². The number of benzene rings is 1. The molecule has 0 saturated heterocycles. The van der Waals surface area contributed by atoms with Gasteiger partial charge in [0.05, 0.1) is 22.6 Å². The Kier molecular flexibility index (Phi) is 6.07. The van der Waals surface area contributed by atoms with Crippen LogP contribution in [0.1, 0.15) is 41.0 Å². The standard InChI is InChI=1S/C32H28N8/c1-7-14-25-20(5)38-21(6)26(9-3)40(32(38)34-25)31-36-29(22-15-13-18-33-19-22)35-30(37-31)39-27(10-4)23(8-2)24-16-11-12-17-28(24)39/h7-19H,2-4H2,1,5-6H3/b14-7-. The molecular weight excluding hydrogens is 496 g/mol. The molecule has 1 aromatic carbocycles. The first kappa shape index (κ1) is 24.9. The maximum Gasteiger partial charge on any atom is 0.242 e. The smallest absolute Gasteiger partial charge is 0.242 e. The molecule has 6 rings (SSSR count). The average Bonchev–Trinajstić information content (AvgIpc) is 3.59. The maximum atomic E-state index is 5.04. The summed E-state index contributed by atoms with van der Waals surface area (Å²) in [6.45, 7) is 18.3. The van der Waals surface area contributed by atoms with Gasteiger partial charge in [-0.15, -0.1) is 0 Å². The summed E-state index contributed by atoms with van der Waals surface area (Å²) in [4.78, 5) is 24.2. The molecule has 0 fully saturated rings. The lowest BCUT2D eigenvalue weighted by atomic mass is 10.1. The number of aromatic nitrogens is 8. The van der Waals surface area contributed by atoms with Crippen molar-refractivity contribution < 1.29 is 0 Å². The summed E-state index contributed by atoms with van der Waals surface area (Å²) in [5.74, 6) is 2.04. The lowest BCUT2D eigenvalue weighted by Gasteiger charge is -2.12. The third-order valence-electron chi connectivity index (χ3n) is 7.07. The minimum absolute atomic E-state index is 0.418. The van der Waals surface area contributed by atoms with Gasteiger partial charge in [0.25, 0.3) is 0 Å². The molecule has 8 nitrogen and oxygen atoms in total. The molecule has 0 atom stereocenters. The Bertz CT molecular complexity index is 1980. The molecule has 8 heteroatoms. The largest absolute Gasteiger partial charge is 0.284 e. The molecule has 0 amide bonds. The Morgan fingerprint density at radius 3 is 2.20 bits per heavy atom. The Hall–Kier alpha value is -5.37.